The maximum Gasteiger partial charge on any atom is 0.228 e. The number of benzene rings is 1. The summed E-state index contributed by atoms with van der Waals surface area (Å²) in [5, 5.41) is 0. The molecule has 1 aliphatic rings. The second-order valence-corrected chi connectivity index (χ2v) is 5.98. The summed E-state index contributed by atoms with van der Waals surface area (Å²) in [6.45, 7) is 11.4. The molecule has 1 unspecified atom stereocenters. The molecule has 1 heterocycles. The fourth-order valence-corrected chi connectivity index (χ4v) is 2.83. The second-order valence-electron chi connectivity index (χ2n) is 5.98. The van der Waals surface area contributed by atoms with Crippen LogP contribution in [0, 0.1) is 12.8 Å². The van der Waals surface area contributed by atoms with E-state index in [9.17, 15) is 9.59 Å². The van der Waals surface area contributed by atoms with Crippen LogP contribution in [-0.4, -0.2) is 41.2 Å². The van der Waals surface area contributed by atoms with Gasteiger partial charge in [0.05, 0.1) is 5.92 Å². The van der Waals surface area contributed by atoms with Crippen molar-refractivity contribution < 1.29 is 9.59 Å². The highest BCUT2D eigenvalue weighted by Crippen LogP contribution is 2.22. The third kappa shape index (κ3) is 4.31. The minimum Gasteiger partial charge on any atom is -0.338 e. The lowest BCUT2D eigenvalue weighted by Crippen LogP contribution is -2.37. The number of aryl methyl sites for hydroxylation is 1. The molecule has 122 valence electrons. The second kappa shape index (κ2) is 7.77. The summed E-state index contributed by atoms with van der Waals surface area (Å²) in [7, 11) is 0. The first-order chi connectivity index (χ1) is 11.0. The number of hydrogen-bond donors (Lipinski definition) is 0. The van der Waals surface area contributed by atoms with Gasteiger partial charge in [-0.05, 0) is 12.5 Å². The van der Waals surface area contributed by atoms with Gasteiger partial charge in [-0.2, -0.15) is 0 Å². The average molecular weight is 312 g/mol. The largest absolute Gasteiger partial charge is 0.338 e. The van der Waals surface area contributed by atoms with Crippen LogP contribution in [0.25, 0.3) is 0 Å². The zero-order valence-electron chi connectivity index (χ0n) is 13.7. The van der Waals surface area contributed by atoms with Gasteiger partial charge in [-0.3, -0.25) is 9.59 Å². The van der Waals surface area contributed by atoms with E-state index in [1.165, 1.54) is 5.56 Å². The van der Waals surface area contributed by atoms with Gasteiger partial charge < -0.3 is 9.80 Å². The molecule has 1 aromatic rings. The van der Waals surface area contributed by atoms with Crippen molar-refractivity contribution in [3.05, 3.63) is 60.7 Å². The van der Waals surface area contributed by atoms with Gasteiger partial charge in [0.25, 0.3) is 0 Å². The summed E-state index contributed by atoms with van der Waals surface area (Å²) >= 11 is 0. The molecule has 0 N–H and O–H groups in total. The van der Waals surface area contributed by atoms with Crippen molar-refractivity contribution in [2.75, 3.05) is 19.6 Å². The standard InChI is InChI=1S/C19H24N2O2/c1-4-10-20(11-5-2)19(23)17-12-18(22)21(14-17)13-16-8-6-15(3)7-9-16/h4-9,17H,1-2,10-14H2,3H3. The van der Waals surface area contributed by atoms with E-state index in [1.807, 2.05) is 31.2 Å². The Morgan fingerprint density at radius 1 is 1.26 bits per heavy atom. The smallest absolute Gasteiger partial charge is 0.228 e. The molecule has 1 saturated heterocycles. The fraction of sp³-hybridized carbons (Fsp3) is 0.368. The van der Waals surface area contributed by atoms with Crippen LogP contribution in [0.1, 0.15) is 17.5 Å². The van der Waals surface area contributed by atoms with Gasteiger partial charge >= 0.3 is 0 Å². The maximum atomic E-state index is 12.6. The monoisotopic (exact) mass is 312 g/mol. The molecule has 2 amide bonds. The van der Waals surface area contributed by atoms with Crippen LogP contribution >= 0.6 is 0 Å². The van der Waals surface area contributed by atoms with Gasteiger partial charge in [0, 0.05) is 32.6 Å². The fourth-order valence-electron chi connectivity index (χ4n) is 2.83. The highest BCUT2D eigenvalue weighted by Gasteiger charge is 2.35. The van der Waals surface area contributed by atoms with Crippen LogP contribution in [0.3, 0.4) is 0 Å². The van der Waals surface area contributed by atoms with Crippen molar-refractivity contribution in [1.82, 2.24) is 9.80 Å². The summed E-state index contributed by atoms with van der Waals surface area (Å²) in [6, 6.07) is 8.13. The van der Waals surface area contributed by atoms with E-state index in [-0.39, 0.29) is 24.2 Å². The van der Waals surface area contributed by atoms with E-state index in [2.05, 4.69) is 13.2 Å². The van der Waals surface area contributed by atoms with Crippen molar-refractivity contribution in [2.24, 2.45) is 5.92 Å². The number of likely N-dealkylation sites (tertiary alicyclic amines) is 1. The summed E-state index contributed by atoms with van der Waals surface area (Å²) in [5.74, 6) is -0.224. The first kappa shape index (κ1) is 17.0. The molecule has 4 heteroatoms. The normalized spacial score (nSPS) is 17.2. The van der Waals surface area contributed by atoms with Gasteiger partial charge in [0.1, 0.15) is 0 Å². The van der Waals surface area contributed by atoms with E-state index in [0.29, 0.717) is 26.2 Å². The first-order valence-electron chi connectivity index (χ1n) is 7.89. The van der Waals surface area contributed by atoms with Crippen molar-refractivity contribution in [3.63, 3.8) is 0 Å². The van der Waals surface area contributed by atoms with Gasteiger partial charge in [-0.1, -0.05) is 42.0 Å². The van der Waals surface area contributed by atoms with E-state index in [4.69, 9.17) is 0 Å². The highest BCUT2D eigenvalue weighted by atomic mass is 16.2. The Balaban J connectivity index is 2.00. The van der Waals surface area contributed by atoms with Crippen LogP contribution in [0.15, 0.2) is 49.6 Å². The average Bonchev–Trinajstić information content (AvgIpc) is 2.89. The first-order valence-corrected chi connectivity index (χ1v) is 7.89. The Labute approximate surface area is 138 Å². The van der Waals surface area contributed by atoms with Gasteiger partial charge in [0.2, 0.25) is 11.8 Å². The van der Waals surface area contributed by atoms with E-state index < -0.39 is 0 Å². The van der Waals surface area contributed by atoms with Crippen LogP contribution < -0.4 is 0 Å². The number of carbonyl (C=O) groups is 2. The maximum absolute atomic E-state index is 12.6. The van der Waals surface area contributed by atoms with E-state index >= 15 is 0 Å². The predicted molar refractivity (Wildman–Crippen MR) is 91.7 cm³/mol. The van der Waals surface area contributed by atoms with Crippen molar-refractivity contribution >= 4 is 11.8 Å². The molecule has 0 aromatic heterocycles. The number of carbonyl (C=O) groups excluding carboxylic acids is 2. The van der Waals surface area contributed by atoms with E-state index in [0.717, 1.165) is 5.56 Å². The Bertz CT molecular complexity index is 582. The lowest BCUT2D eigenvalue weighted by molar-refractivity contribution is -0.134. The van der Waals surface area contributed by atoms with Crippen LogP contribution in [-0.2, 0) is 16.1 Å². The molecule has 1 fully saturated rings. The Morgan fingerprint density at radius 3 is 2.43 bits per heavy atom. The van der Waals surface area contributed by atoms with Crippen LogP contribution in [0.5, 0.6) is 0 Å². The molecule has 4 nitrogen and oxygen atoms in total. The molecule has 2 rings (SSSR count). The Kier molecular flexibility index (Phi) is 5.74. The van der Waals surface area contributed by atoms with Crippen LogP contribution in [0.2, 0.25) is 0 Å². The molecule has 1 atom stereocenters. The van der Waals surface area contributed by atoms with Crippen molar-refractivity contribution in [1.29, 1.82) is 0 Å². The van der Waals surface area contributed by atoms with Crippen molar-refractivity contribution in [3.8, 4) is 0 Å². The molecule has 0 bridgehead atoms. The third-order valence-electron chi connectivity index (χ3n) is 4.07. The molecular weight excluding hydrogens is 288 g/mol. The summed E-state index contributed by atoms with van der Waals surface area (Å²) in [6.07, 6.45) is 3.68. The van der Waals surface area contributed by atoms with Crippen LogP contribution in [0.4, 0.5) is 0 Å². The lowest BCUT2D eigenvalue weighted by atomic mass is 10.1. The zero-order valence-corrected chi connectivity index (χ0v) is 13.7. The number of amides is 2. The zero-order chi connectivity index (χ0) is 16.8. The Hall–Kier alpha value is -2.36. The molecular formula is C19H24N2O2. The topological polar surface area (TPSA) is 40.6 Å². The number of nitrogens with zero attached hydrogens (tertiary/aromatic N) is 2. The molecule has 0 spiro atoms. The Morgan fingerprint density at radius 2 is 1.87 bits per heavy atom. The predicted octanol–water partition coefficient (Wildman–Crippen LogP) is 2.54. The lowest BCUT2D eigenvalue weighted by Gasteiger charge is -2.23. The number of rotatable bonds is 7. The minimum atomic E-state index is -0.271. The molecule has 0 radical (unpaired) electrons. The van der Waals surface area contributed by atoms with Crippen molar-refractivity contribution in [2.45, 2.75) is 19.9 Å². The minimum absolute atomic E-state index is 0.00422. The SMILES string of the molecule is C=CCN(CC=C)C(=O)C1CC(=O)N(Cc2ccc(C)cc2)C1. The number of hydrogen-bond acceptors (Lipinski definition) is 2. The third-order valence-corrected chi connectivity index (χ3v) is 4.07. The van der Waals surface area contributed by atoms with E-state index in [1.54, 1.807) is 22.0 Å². The summed E-state index contributed by atoms with van der Waals surface area (Å²) in [5.41, 5.74) is 2.28. The highest BCUT2D eigenvalue weighted by molar-refractivity contribution is 5.89. The van der Waals surface area contributed by atoms with Gasteiger partial charge in [-0.25, -0.2) is 0 Å². The quantitative estimate of drug-likeness (QED) is 0.726. The summed E-state index contributed by atoms with van der Waals surface area (Å²) < 4.78 is 0. The van der Waals surface area contributed by atoms with Gasteiger partial charge in [0.15, 0.2) is 0 Å². The molecule has 1 aliphatic heterocycles. The van der Waals surface area contributed by atoms with Gasteiger partial charge in [-0.15, -0.1) is 13.2 Å². The molecule has 0 saturated carbocycles. The summed E-state index contributed by atoms with van der Waals surface area (Å²) in [4.78, 5) is 28.2. The molecule has 23 heavy (non-hydrogen) atoms. The molecule has 0 aliphatic carbocycles. The molecule has 1 aromatic carbocycles.